The Balaban J connectivity index is 2.75. The smallest absolute Gasteiger partial charge is 0.210 e. The summed E-state index contributed by atoms with van der Waals surface area (Å²) in [5.74, 6) is 0.770. The van der Waals surface area contributed by atoms with Crippen LogP contribution in [-0.2, 0) is 16.7 Å². The summed E-state index contributed by atoms with van der Waals surface area (Å²) in [6.45, 7) is 0. The molecule has 1 aromatic carbocycles. The van der Waals surface area contributed by atoms with E-state index >= 15 is 0 Å². The molecule has 0 N–H and O–H groups in total. The molecule has 0 unspecified atom stereocenters. The number of hydrogen-bond acceptors (Lipinski definition) is 3. The number of rotatable bonds is 3. The quantitative estimate of drug-likeness (QED) is 0.678. The lowest BCUT2D eigenvalue weighted by molar-refractivity contribution is 0.414. The fourth-order valence-corrected chi connectivity index (χ4v) is 1.25. The second-order valence-corrected chi connectivity index (χ2v) is 3.33. The molecule has 0 spiro atoms. The van der Waals surface area contributed by atoms with Gasteiger partial charge in [0.05, 0.1) is 7.11 Å². The van der Waals surface area contributed by atoms with Gasteiger partial charge in [-0.3, -0.25) is 0 Å². The maximum absolute atomic E-state index is 10.2. The molecule has 0 saturated heterocycles. The second kappa shape index (κ2) is 4.67. The molecule has 0 aliphatic rings. The number of hydrogen-bond donors (Lipinski definition) is 0. The van der Waals surface area contributed by atoms with Crippen molar-refractivity contribution in [2.45, 2.75) is 6.42 Å². The van der Waals surface area contributed by atoms with Crippen molar-refractivity contribution in [2.24, 2.45) is 0 Å². The lowest BCUT2D eigenvalue weighted by Crippen LogP contribution is -1.87. The molecule has 70 valence electrons. The minimum atomic E-state index is -2.08. The summed E-state index contributed by atoms with van der Waals surface area (Å²) in [6, 6.07) is 7.28. The van der Waals surface area contributed by atoms with Gasteiger partial charge in [-0.2, -0.15) is 8.42 Å². The molecule has 0 bridgehead atoms. The van der Waals surface area contributed by atoms with Crippen molar-refractivity contribution in [3.8, 4) is 5.75 Å². The normalized spacial score (nSPS) is 9.31. The molecule has 0 atom stereocenters. The Bertz CT molecular complexity index is 381. The van der Waals surface area contributed by atoms with E-state index in [0.29, 0.717) is 6.42 Å². The first kappa shape index (κ1) is 9.80. The van der Waals surface area contributed by atoms with Gasteiger partial charge in [0.2, 0.25) is 10.3 Å². The van der Waals surface area contributed by atoms with Gasteiger partial charge >= 0.3 is 0 Å². The Morgan fingerprint density at radius 1 is 1.31 bits per heavy atom. The number of methoxy groups -OCH3 is 1. The van der Waals surface area contributed by atoms with E-state index in [2.05, 4.69) is 0 Å². The van der Waals surface area contributed by atoms with Gasteiger partial charge in [-0.25, -0.2) is 0 Å². The SMILES string of the molecule is COc1ccc(CC=S(=O)=O)cc1. The van der Waals surface area contributed by atoms with E-state index in [-0.39, 0.29) is 0 Å². The zero-order chi connectivity index (χ0) is 9.68. The van der Waals surface area contributed by atoms with Crippen LogP contribution in [0, 0.1) is 0 Å². The monoisotopic (exact) mass is 198 g/mol. The average molecular weight is 198 g/mol. The van der Waals surface area contributed by atoms with E-state index in [1.807, 2.05) is 12.1 Å². The maximum Gasteiger partial charge on any atom is 0.210 e. The van der Waals surface area contributed by atoms with E-state index < -0.39 is 10.3 Å². The summed E-state index contributed by atoms with van der Waals surface area (Å²) < 4.78 is 25.4. The maximum atomic E-state index is 10.2. The topological polar surface area (TPSA) is 43.4 Å². The van der Waals surface area contributed by atoms with Crippen LogP contribution in [0.25, 0.3) is 0 Å². The van der Waals surface area contributed by atoms with Gasteiger partial charge in [0.1, 0.15) is 5.75 Å². The highest BCUT2D eigenvalue weighted by atomic mass is 32.2. The third-order valence-electron chi connectivity index (χ3n) is 1.61. The number of ether oxygens (including phenoxy) is 1. The van der Waals surface area contributed by atoms with Gasteiger partial charge in [0, 0.05) is 11.8 Å². The molecule has 0 aromatic heterocycles. The molecular formula is C9H10O3S. The molecule has 0 amide bonds. The fraction of sp³-hybridized carbons (Fsp3) is 0.222. The van der Waals surface area contributed by atoms with Crippen LogP contribution in [0.4, 0.5) is 0 Å². The van der Waals surface area contributed by atoms with Crippen molar-refractivity contribution in [1.82, 2.24) is 0 Å². The molecule has 0 radical (unpaired) electrons. The summed E-state index contributed by atoms with van der Waals surface area (Å²) in [6.07, 6.45) is 0.431. The molecule has 1 aromatic rings. The first-order chi connectivity index (χ1) is 6.22. The highest BCUT2D eigenvalue weighted by molar-refractivity contribution is 7.71. The van der Waals surface area contributed by atoms with Crippen molar-refractivity contribution in [2.75, 3.05) is 7.11 Å². The van der Waals surface area contributed by atoms with Crippen molar-refractivity contribution < 1.29 is 13.2 Å². The molecule has 0 aliphatic carbocycles. The van der Waals surface area contributed by atoms with E-state index in [1.54, 1.807) is 19.2 Å². The zero-order valence-electron chi connectivity index (χ0n) is 7.23. The van der Waals surface area contributed by atoms with Crippen molar-refractivity contribution in [3.05, 3.63) is 29.8 Å². The van der Waals surface area contributed by atoms with Crippen LogP contribution in [0.1, 0.15) is 5.56 Å². The molecule has 0 heterocycles. The third kappa shape index (κ3) is 3.29. The Morgan fingerprint density at radius 3 is 2.38 bits per heavy atom. The van der Waals surface area contributed by atoms with Crippen molar-refractivity contribution in [3.63, 3.8) is 0 Å². The number of benzene rings is 1. The zero-order valence-corrected chi connectivity index (χ0v) is 8.04. The van der Waals surface area contributed by atoms with Crippen LogP contribution in [0.3, 0.4) is 0 Å². The Hall–Kier alpha value is -1.29. The van der Waals surface area contributed by atoms with E-state index in [9.17, 15) is 8.42 Å². The summed E-state index contributed by atoms with van der Waals surface area (Å²) in [4.78, 5) is 0. The van der Waals surface area contributed by atoms with Gasteiger partial charge < -0.3 is 4.74 Å². The van der Waals surface area contributed by atoms with Crippen LogP contribution in [-0.4, -0.2) is 20.9 Å². The van der Waals surface area contributed by atoms with Crippen LogP contribution < -0.4 is 4.74 Å². The highest BCUT2D eigenvalue weighted by Gasteiger charge is 1.91. The molecule has 3 nitrogen and oxygen atoms in total. The molecule has 0 fully saturated rings. The summed E-state index contributed by atoms with van der Waals surface area (Å²) in [5, 5.41) is 1.22. The molecule has 1 rings (SSSR count). The molecule has 0 aliphatic heterocycles. The van der Waals surface area contributed by atoms with Crippen LogP contribution in [0.2, 0.25) is 0 Å². The first-order valence-electron chi connectivity index (χ1n) is 3.76. The lowest BCUT2D eigenvalue weighted by Gasteiger charge is -1.99. The van der Waals surface area contributed by atoms with Gasteiger partial charge in [-0.1, -0.05) is 12.1 Å². The van der Waals surface area contributed by atoms with E-state index in [1.165, 1.54) is 5.37 Å². The lowest BCUT2D eigenvalue weighted by atomic mass is 10.2. The predicted octanol–water partition coefficient (Wildman–Crippen LogP) is 0.919. The Labute approximate surface area is 78.5 Å². The first-order valence-corrected chi connectivity index (χ1v) is 4.90. The van der Waals surface area contributed by atoms with E-state index in [4.69, 9.17) is 4.74 Å². The molecular weight excluding hydrogens is 188 g/mol. The Kier molecular flexibility index (Phi) is 3.52. The summed E-state index contributed by atoms with van der Waals surface area (Å²) in [7, 11) is -0.488. The molecule has 13 heavy (non-hydrogen) atoms. The largest absolute Gasteiger partial charge is 0.497 e. The molecule has 4 heteroatoms. The van der Waals surface area contributed by atoms with Crippen LogP contribution in [0.15, 0.2) is 24.3 Å². The van der Waals surface area contributed by atoms with Crippen molar-refractivity contribution in [1.29, 1.82) is 0 Å². The van der Waals surface area contributed by atoms with Crippen molar-refractivity contribution >= 4 is 15.7 Å². The van der Waals surface area contributed by atoms with Gasteiger partial charge in [-0.15, -0.1) is 0 Å². The van der Waals surface area contributed by atoms with Gasteiger partial charge in [-0.05, 0) is 17.7 Å². The minimum Gasteiger partial charge on any atom is -0.497 e. The predicted molar refractivity (Wildman–Crippen MR) is 51.7 cm³/mol. The van der Waals surface area contributed by atoms with Gasteiger partial charge in [0.15, 0.2) is 0 Å². The average Bonchev–Trinajstić information content (AvgIpc) is 2.15. The highest BCUT2D eigenvalue weighted by Crippen LogP contribution is 2.10. The third-order valence-corrected chi connectivity index (χ3v) is 2.05. The standard InChI is InChI=1S/C9H10O3S/c1-12-9-4-2-8(3-5-9)6-7-13(10)11/h2-5,7H,6H2,1H3. The van der Waals surface area contributed by atoms with Gasteiger partial charge in [0.25, 0.3) is 0 Å². The van der Waals surface area contributed by atoms with Crippen LogP contribution >= 0.6 is 0 Å². The van der Waals surface area contributed by atoms with E-state index in [0.717, 1.165) is 11.3 Å². The Morgan fingerprint density at radius 2 is 1.92 bits per heavy atom. The molecule has 0 saturated carbocycles. The van der Waals surface area contributed by atoms with Crippen LogP contribution in [0.5, 0.6) is 5.75 Å². The summed E-state index contributed by atoms with van der Waals surface area (Å²) >= 11 is 0. The minimum absolute atomic E-state index is 0.431. The second-order valence-electron chi connectivity index (χ2n) is 2.48. The summed E-state index contributed by atoms with van der Waals surface area (Å²) in [5.41, 5.74) is 0.949. The fourth-order valence-electron chi connectivity index (χ4n) is 0.926.